The number of nitrogens with zero attached hydrogens (tertiary/aromatic N) is 1. The zero-order valence-corrected chi connectivity index (χ0v) is 12.9. The van der Waals surface area contributed by atoms with Gasteiger partial charge in [-0.1, -0.05) is 36.4 Å². The molecule has 0 bridgehead atoms. The fourth-order valence-electron chi connectivity index (χ4n) is 2.46. The third-order valence-electron chi connectivity index (χ3n) is 3.52. The standard InChI is InChI=1S/C20H17NO2/c1-2-23-16-11-12-17(20(22)15-8-4-3-5-9-15)18(14-16)19-10-6-7-13-21-19/h3-14H,2H2,1H3. The molecule has 0 aliphatic rings. The molecule has 3 rings (SSSR count). The second-order valence-electron chi connectivity index (χ2n) is 5.05. The Morgan fingerprint density at radius 3 is 2.48 bits per heavy atom. The number of aromatic nitrogens is 1. The number of pyridine rings is 1. The van der Waals surface area contributed by atoms with E-state index >= 15 is 0 Å². The summed E-state index contributed by atoms with van der Waals surface area (Å²) in [4.78, 5) is 17.2. The van der Waals surface area contributed by atoms with Gasteiger partial charge in [-0.2, -0.15) is 0 Å². The van der Waals surface area contributed by atoms with Crippen LogP contribution in [0.3, 0.4) is 0 Å². The van der Waals surface area contributed by atoms with Gasteiger partial charge in [-0.05, 0) is 37.3 Å². The van der Waals surface area contributed by atoms with Crippen molar-refractivity contribution in [2.45, 2.75) is 6.92 Å². The summed E-state index contributed by atoms with van der Waals surface area (Å²) in [6.07, 6.45) is 1.72. The number of carbonyl (C=O) groups is 1. The first-order valence-corrected chi connectivity index (χ1v) is 7.57. The molecule has 23 heavy (non-hydrogen) atoms. The molecule has 0 saturated carbocycles. The monoisotopic (exact) mass is 303 g/mol. The van der Waals surface area contributed by atoms with Crippen LogP contribution in [0, 0.1) is 0 Å². The quantitative estimate of drug-likeness (QED) is 0.657. The molecule has 0 amide bonds. The summed E-state index contributed by atoms with van der Waals surface area (Å²) in [7, 11) is 0. The van der Waals surface area contributed by atoms with Gasteiger partial charge in [0.25, 0.3) is 0 Å². The molecular weight excluding hydrogens is 286 g/mol. The summed E-state index contributed by atoms with van der Waals surface area (Å²) in [6, 6.07) is 20.4. The second-order valence-corrected chi connectivity index (χ2v) is 5.05. The van der Waals surface area contributed by atoms with Crippen molar-refractivity contribution in [1.82, 2.24) is 4.98 Å². The van der Waals surface area contributed by atoms with Crippen molar-refractivity contribution in [2.24, 2.45) is 0 Å². The van der Waals surface area contributed by atoms with Crippen molar-refractivity contribution >= 4 is 5.78 Å². The van der Waals surface area contributed by atoms with Gasteiger partial charge in [0.05, 0.1) is 12.3 Å². The fraction of sp³-hybridized carbons (Fsp3) is 0.100. The van der Waals surface area contributed by atoms with Crippen molar-refractivity contribution < 1.29 is 9.53 Å². The maximum Gasteiger partial charge on any atom is 0.193 e. The molecule has 0 spiro atoms. The van der Waals surface area contributed by atoms with Crippen LogP contribution in [0.5, 0.6) is 5.75 Å². The summed E-state index contributed by atoms with van der Waals surface area (Å²) in [5.74, 6) is 0.715. The van der Waals surface area contributed by atoms with E-state index in [1.165, 1.54) is 0 Å². The average molecular weight is 303 g/mol. The lowest BCUT2D eigenvalue weighted by Gasteiger charge is -2.11. The van der Waals surface area contributed by atoms with Gasteiger partial charge in [-0.25, -0.2) is 0 Å². The van der Waals surface area contributed by atoms with Crippen LogP contribution >= 0.6 is 0 Å². The van der Waals surface area contributed by atoms with E-state index in [0.717, 1.165) is 17.0 Å². The first-order valence-electron chi connectivity index (χ1n) is 7.57. The first-order chi connectivity index (χ1) is 11.3. The number of carbonyl (C=O) groups excluding carboxylic acids is 1. The Morgan fingerprint density at radius 2 is 1.78 bits per heavy atom. The molecule has 114 valence electrons. The van der Waals surface area contributed by atoms with E-state index < -0.39 is 0 Å². The molecule has 3 nitrogen and oxygen atoms in total. The smallest absolute Gasteiger partial charge is 0.193 e. The highest BCUT2D eigenvalue weighted by molar-refractivity contribution is 6.12. The molecule has 3 aromatic rings. The minimum Gasteiger partial charge on any atom is -0.494 e. The lowest BCUT2D eigenvalue weighted by molar-refractivity contribution is 0.103. The van der Waals surface area contributed by atoms with Gasteiger partial charge in [0.1, 0.15) is 5.75 Å². The average Bonchev–Trinajstić information content (AvgIpc) is 2.63. The highest BCUT2D eigenvalue weighted by Crippen LogP contribution is 2.28. The van der Waals surface area contributed by atoms with E-state index in [1.54, 1.807) is 6.20 Å². The van der Waals surface area contributed by atoms with Crippen LogP contribution in [0.15, 0.2) is 72.9 Å². The number of rotatable bonds is 5. The SMILES string of the molecule is CCOc1ccc(C(=O)c2ccccc2)c(-c2ccccn2)c1. The lowest BCUT2D eigenvalue weighted by atomic mass is 9.96. The van der Waals surface area contributed by atoms with Gasteiger partial charge in [-0.3, -0.25) is 9.78 Å². The molecule has 3 heteroatoms. The van der Waals surface area contributed by atoms with Crippen LogP contribution in [-0.4, -0.2) is 17.4 Å². The Hall–Kier alpha value is -2.94. The summed E-state index contributed by atoms with van der Waals surface area (Å²) in [5, 5.41) is 0. The lowest BCUT2D eigenvalue weighted by Crippen LogP contribution is -2.04. The van der Waals surface area contributed by atoms with Crippen LogP contribution in [0.25, 0.3) is 11.3 Å². The Morgan fingerprint density at radius 1 is 1.00 bits per heavy atom. The van der Waals surface area contributed by atoms with Crippen molar-refractivity contribution in [3.8, 4) is 17.0 Å². The van der Waals surface area contributed by atoms with Crippen LogP contribution in [0.1, 0.15) is 22.8 Å². The van der Waals surface area contributed by atoms with Crippen LogP contribution in [0.2, 0.25) is 0 Å². The van der Waals surface area contributed by atoms with Gasteiger partial charge in [0.15, 0.2) is 5.78 Å². The molecule has 0 saturated heterocycles. The van der Waals surface area contributed by atoms with E-state index in [-0.39, 0.29) is 5.78 Å². The Bertz CT molecular complexity index is 798. The van der Waals surface area contributed by atoms with E-state index in [9.17, 15) is 4.79 Å². The maximum absolute atomic E-state index is 12.8. The van der Waals surface area contributed by atoms with Crippen molar-refractivity contribution in [3.63, 3.8) is 0 Å². The predicted molar refractivity (Wildman–Crippen MR) is 90.7 cm³/mol. The number of ketones is 1. The summed E-state index contributed by atoms with van der Waals surface area (Å²) in [6.45, 7) is 2.51. The normalized spacial score (nSPS) is 10.3. The molecule has 0 N–H and O–H groups in total. The third kappa shape index (κ3) is 3.29. The predicted octanol–water partition coefficient (Wildman–Crippen LogP) is 4.38. The number of benzene rings is 2. The Labute approximate surface area is 135 Å². The van der Waals surface area contributed by atoms with Crippen LogP contribution in [0.4, 0.5) is 0 Å². The first kappa shape index (κ1) is 15.0. The molecule has 0 unspecified atom stereocenters. The minimum atomic E-state index is -0.0192. The highest BCUT2D eigenvalue weighted by atomic mass is 16.5. The second kappa shape index (κ2) is 6.88. The van der Waals surface area contributed by atoms with Gasteiger partial charge in [0, 0.05) is 22.9 Å². The largest absolute Gasteiger partial charge is 0.494 e. The van der Waals surface area contributed by atoms with Crippen molar-refractivity contribution in [3.05, 3.63) is 84.1 Å². The molecule has 0 aliphatic heterocycles. The topological polar surface area (TPSA) is 39.2 Å². The summed E-state index contributed by atoms with van der Waals surface area (Å²) in [5.41, 5.74) is 2.82. The van der Waals surface area contributed by atoms with E-state index in [4.69, 9.17) is 4.74 Å². The van der Waals surface area contributed by atoms with E-state index in [0.29, 0.717) is 17.7 Å². The van der Waals surface area contributed by atoms with E-state index in [1.807, 2.05) is 73.7 Å². The number of hydrogen-bond acceptors (Lipinski definition) is 3. The van der Waals surface area contributed by atoms with Gasteiger partial charge >= 0.3 is 0 Å². The summed E-state index contributed by atoms with van der Waals surface area (Å²) >= 11 is 0. The molecular formula is C20H17NO2. The van der Waals surface area contributed by atoms with Gasteiger partial charge < -0.3 is 4.74 Å². The molecule has 0 fully saturated rings. The zero-order valence-electron chi connectivity index (χ0n) is 12.9. The zero-order chi connectivity index (χ0) is 16.1. The fourth-order valence-corrected chi connectivity index (χ4v) is 2.46. The highest BCUT2D eigenvalue weighted by Gasteiger charge is 2.16. The molecule has 0 aliphatic carbocycles. The van der Waals surface area contributed by atoms with Crippen molar-refractivity contribution in [1.29, 1.82) is 0 Å². The molecule has 1 heterocycles. The van der Waals surface area contributed by atoms with Crippen LogP contribution < -0.4 is 4.74 Å². The maximum atomic E-state index is 12.8. The number of ether oxygens (including phenoxy) is 1. The Balaban J connectivity index is 2.11. The van der Waals surface area contributed by atoms with Crippen molar-refractivity contribution in [2.75, 3.05) is 6.61 Å². The van der Waals surface area contributed by atoms with Crippen LogP contribution in [-0.2, 0) is 0 Å². The number of hydrogen-bond donors (Lipinski definition) is 0. The van der Waals surface area contributed by atoms with Gasteiger partial charge in [0.2, 0.25) is 0 Å². The minimum absolute atomic E-state index is 0.0192. The third-order valence-corrected chi connectivity index (χ3v) is 3.52. The Kier molecular flexibility index (Phi) is 4.48. The molecule has 0 atom stereocenters. The van der Waals surface area contributed by atoms with E-state index in [2.05, 4.69) is 4.98 Å². The summed E-state index contributed by atoms with van der Waals surface area (Å²) < 4.78 is 5.57. The van der Waals surface area contributed by atoms with Gasteiger partial charge in [-0.15, -0.1) is 0 Å². The molecule has 0 radical (unpaired) electrons. The molecule has 2 aromatic carbocycles. The molecule has 1 aromatic heterocycles.